The van der Waals surface area contributed by atoms with Gasteiger partial charge in [-0.25, -0.2) is 4.98 Å². The molecule has 2 amide bonds. The number of pyridine rings is 1. The summed E-state index contributed by atoms with van der Waals surface area (Å²) in [5.74, 6) is 0.254. The quantitative estimate of drug-likeness (QED) is 0.687. The Morgan fingerprint density at radius 2 is 2.17 bits per heavy atom. The van der Waals surface area contributed by atoms with Crippen LogP contribution in [0.2, 0.25) is 0 Å². The van der Waals surface area contributed by atoms with Gasteiger partial charge in [0.05, 0.1) is 5.92 Å². The SMILES string of the molecule is C/C=C/C=C/C(=O)N1CCCC(C(=O)Nc2cccc(C)n2)C1. The largest absolute Gasteiger partial charge is 0.338 e. The van der Waals surface area contributed by atoms with Crippen molar-refractivity contribution in [2.24, 2.45) is 5.92 Å². The number of amides is 2. The molecule has 1 aliphatic heterocycles. The average molecular weight is 313 g/mol. The number of rotatable bonds is 4. The van der Waals surface area contributed by atoms with Crippen LogP contribution in [-0.4, -0.2) is 34.8 Å². The third-order valence-corrected chi connectivity index (χ3v) is 3.79. The maximum Gasteiger partial charge on any atom is 0.246 e. The zero-order valence-corrected chi connectivity index (χ0v) is 13.7. The number of likely N-dealkylation sites (tertiary alicyclic amines) is 1. The fourth-order valence-electron chi connectivity index (χ4n) is 2.59. The van der Waals surface area contributed by atoms with Gasteiger partial charge in [0.2, 0.25) is 11.8 Å². The minimum atomic E-state index is -0.190. The van der Waals surface area contributed by atoms with Crippen LogP contribution >= 0.6 is 0 Å². The molecule has 1 aromatic rings. The van der Waals surface area contributed by atoms with Crippen LogP contribution in [0.3, 0.4) is 0 Å². The number of piperidine rings is 1. The Morgan fingerprint density at radius 3 is 2.91 bits per heavy atom. The van der Waals surface area contributed by atoms with Gasteiger partial charge in [-0.15, -0.1) is 0 Å². The van der Waals surface area contributed by atoms with E-state index in [-0.39, 0.29) is 17.7 Å². The lowest BCUT2D eigenvalue weighted by Gasteiger charge is -2.31. The normalized spacial score (nSPS) is 18.5. The number of hydrogen-bond donors (Lipinski definition) is 1. The molecule has 0 radical (unpaired) electrons. The molecule has 0 aromatic carbocycles. The Bertz CT molecular complexity index is 622. The Morgan fingerprint density at radius 1 is 1.35 bits per heavy atom. The standard InChI is InChI=1S/C18H23N3O2/c1-3-4-5-11-17(22)21-12-7-9-15(13-21)18(23)20-16-10-6-8-14(2)19-16/h3-6,8,10-11,15H,7,9,12-13H2,1-2H3,(H,19,20,23)/b4-3+,11-5+. The summed E-state index contributed by atoms with van der Waals surface area (Å²) in [5, 5.41) is 2.85. The summed E-state index contributed by atoms with van der Waals surface area (Å²) in [4.78, 5) is 30.5. The lowest BCUT2D eigenvalue weighted by molar-refractivity contribution is -0.130. The molecular formula is C18H23N3O2. The Hall–Kier alpha value is -2.43. The zero-order chi connectivity index (χ0) is 16.7. The van der Waals surface area contributed by atoms with Crippen LogP contribution in [0, 0.1) is 12.8 Å². The van der Waals surface area contributed by atoms with Crippen LogP contribution in [-0.2, 0) is 9.59 Å². The van der Waals surface area contributed by atoms with Crippen molar-refractivity contribution in [2.45, 2.75) is 26.7 Å². The molecule has 2 heterocycles. The molecule has 1 atom stereocenters. The zero-order valence-electron chi connectivity index (χ0n) is 13.7. The van der Waals surface area contributed by atoms with Gasteiger partial charge in [-0.2, -0.15) is 0 Å². The Balaban J connectivity index is 1.94. The molecular weight excluding hydrogens is 290 g/mol. The van der Waals surface area contributed by atoms with E-state index in [2.05, 4.69) is 10.3 Å². The first kappa shape index (κ1) is 16.9. The van der Waals surface area contributed by atoms with Gasteiger partial charge in [-0.3, -0.25) is 9.59 Å². The van der Waals surface area contributed by atoms with Gasteiger partial charge in [-0.05, 0) is 38.8 Å². The summed E-state index contributed by atoms with van der Waals surface area (Å²) < 4.78 is 0. The summed E-state index contributed by atoms with van der Waals surface area (Å²) in [6, 6.07) is 5.52. The highest BCUT2D eigenvalue weighted by Gasteiger charge is 2.27. The summed E-state index contributed by atoms with van der Waals surface area (Å²) >= 11 is 0. The number of aromatic nitrogens is 1. The highest BCUT2D eigenvalue weighted by Crippen LogP contribution is 2.18. The first-order chi connectivity index (χ1) is 11.1. The summed E-state index contributed by atoms with van der Waals surface area (Å²) in [7, 11) is 0. The maximum atomic E-state index is 12.4. The monoisotopic (exact) mass is 313 g/mol. The van der Waals surface area contributed by atoms with Gasteiger partial charge in [0.15, 0.2) is 0 Å². The van der Waals surface area contributed by atoms with Crippen LogP contribution in [0.5, 0.6) is 0 Å². The lowest BCUT2D eigenvalue weighted by atomic mass is 9.97. The number of hydrogen-bond acceptors (Lipinski definition) is 3. The molecule has 23 heavy (non-hydrogen) atoms. The molecule has 0 saturated carbocycles. The summed E-state index contributed by atoms with van der Waals surface area (Å²) in [5.41, 5.74) is 0.859. The van der Waals surface area contributed by atoms with E-state index in [4.69, 9.17) is 0 Å². The van der Waals surface area contributed by atoms with Crippen LogP contribution < -0.4 is 5.32 Å². The topological polar surface area (TPSA) is 62.3 Å². The molecule has 1 aromatic heterocycles. The van der Waals surface area contributed by atoms with E-state index < -0.39 is 0 Å². The lowest BCUT2D eigenvalue weighted by Crippen LogP contribution is -2.43. The van der Waals surface area contributed by atoms with Crippen molar-refractivity contribution in [3.8, 4) is 0 Å². The number of nitrogens with one attached hydrogen (secondary N) is 1. The number of nitrogens with zero attached hydrogens (tertiary/aromatic N) is 2. The van der Waals surface area contributed by atoms with Gasteiger partial charge >= 0.3 is 0 Å². The molecule has 1 unspecified atom stereocenters. The number of carbonyl (C=O) groups excluding carboxylic acids is 2. The summed E-state index contributed by atoms with van der Waals surface area (Å²) in [6.45, 7) is 4.94. The van der Waals surface area contributed by atoms with Crippen LogP contribution in [0.4, 0.5) is 5.82 Å². The van der Waals surface area contributed by atoms with E-state index in [0.29, 0.717) is 18.9 Å². The fraction of sp³-hybridized carbons (Fsp3) is 0.389. The highest BCUT2D eigenvalue weighted by molar-refractivity contribution is 5.93. The maximum absolute atomic E-state index is 12.4. The third kappa shape index (κ3) is 5.06. The molecule has 1 saturated heterocycles. The number of carbonyl (C=O) groups is 2. The highest BCUT2D eigenvalue weighted by atomic mass is 16.2. The Kier molecular flexibility index (Phi) is 6.09. The minimum Gasteiger partial charge on any atom is -0.338 e. The molecule has 122 valence electrons. The average Bonchev–Trinajstić information content (AvgIpc) is 2.55. The van der Waals surface area contributed by atoms with Crippen molar-refractivity contribution in [1.82, 2.24) is 9.88 Å². The van der Waals surface area contributed by atoms with Crippen molar-refractivity contribution in [3.63, 3.8) is 0 Å². The predicted octanol–water partition coefficient (Wildman–Crippen LogP) is 2.70. The van der Waals surface area contributed by atoms with E-state index in [0.717, 1.165) is 18.5 Å². The first-order valence-corrected chi connectivity index (χ1v) is 7.93. The van der Waals surface area contributed by atoms with Gasteiger partial charge in [0, 0.05) is 24.9 Å². The van der Waals surface area contributed by atoms with E-state index >= 15 is 0 Å². The number of allylic oxidation sites excluding steroid dienone is 3. The second-order valence-electron chi connectivity index (χ2n) is 5.66. The molecule has 5 heteroatoms. The van der Waals surface area contributed by atoms with Crippen molar-refractivity contribution in [2.75, 3.05) is 18.4 Å². The number of aryl methyl sites for hydroxylation is 1. The van der Waals surface area contributed by atoms with E-state index in [1.165, 1.54) is 0 Å². The smallest absolute Gasteiger partial charge is 0.246 e. The van der Waals surface area contributed by atoms with Crippen LogP contribution in [0.15, 0.2) is 42.5 Å². The molecule has 0 bridgehead atoms. The second kappa shape index (κ2) is 8.27. The molecule has 0 aliphatic carbocycles. The Labute approximate surface area is 137 Å². The molecule has 5 nitrogen and oxygen atoms in total. The van der Waals surface area contributed by atoms with Crippen molar-refractivity contribution in [3.05, 3.63) is 48.2 Å². The fourth-order valence-corrected chi connectivity index (χ4v) is 2.59. The van der Waals surface area contributed by atoms with Gasteiger partial charge < -0.3 is 10.2 Å². The molecule has 1 aliphatic rings. The predicted molar refractivity (Wildman–Crippen MR) is 90.9 cm³/mol. The van der Waals surface area contributed by atoms with Crippen molar-refractivity contribution < 1.29 is 9.59 Å². The van der Waals surface area contributed by atoms with Gasteiger partial charge in [0.1, 0.15) is 5.82 Å². The third-order valence-electron chi connectivity index (χ3n) is 3.79. The van der Waals surface area contributed by atoms with E-state index in [9.17, 15) is 9.59 Å². The van der Waals surface area contributed by atoms with Gasteiger partial charge in [0.25, 0.3) is 0 Å². The van der Waals surface area contributed by atoms with E-state index in [1.807, 2.05) is 38.1 Å². The first-order valence-electron chi connectivity index (χ1n) is 7.93. The number of anilines is 1. The molecule has 1 fully saturated rings. The molecule has 0 spiro atoms. The van der Waals surface area contributed by atoms with E-state index in [1.54, 1.807) is 23.1 Å². The van der Waals surface area contributed by atoms with Gasteiger partial charge in [-0.1, -0.05) is 24.3 Å². The van der Waals surface area contributed by atoms with Crippen molar-refractivity contribution in [1.29, 1.82) is 0 Å². The second-order valence-corrected chi connectivity index (χ2v) is 5.66. The molecule has 1 N–H and O–H groups in total. The van der Waals surface area contributed by atoms with Crippen LogP contribution in [0.1, 0.15) is 25.5 Å². The van der Waals surface area contributed by atoms with Crippen molar-refractivity contribution >= 4 is 17.6 Å². The minimum absolute atomic E-state index is 0.0470. The van der Waals surface area contributed by atoms with Crippen LogP contribution in [0.25, 0.3) is 0 Å². The summed E-state index contributed by atoms with van der Waals surface area (Å²) in [6.07, 6.45) is 8.58. The molecule has 2 rings (SSSR count).